The molecule has 1 fully saturated rings. The smallest absolute Gasteiger partial charge is 0.265 e. The van der Waals surface area contributed by atoms with E-state index in [0.29, 0.717) is 32.0 Å². The number of carbonyl (C=O) groups is 1. The molecule has 0 saturated carbocycles. The highest BCUT2D eigenvalue weighted by atomic mass is 35.5. The Bertz CT molecular complexity index is 1260. The number of benzene rings is 3. The molecule has 1 amide bonds. The minimum Gasteiger partial charge on any atom is -0.285 e. The van der Waals surface area contributed by atoms with Gasteiger partial charge in [0.2, 0.25) is 0 Å². The van der Waals surface area contributed by atoms with Gasteiger partial charge in [-0.15, -0.1) is 0 Å². The quantitative estimate of drug-likeness (QED) is 0.327. The molecule has 0 atom stereocenters. The number of nitrogens with zero attached hydrogens (tertiary/aromatic N) is 2. The Kier molecular flexibility index (Phi) is 6.19. The number of aliphatic imine (C=N–C) groups is 1. The van der Waals surface area contributed by atoms with Crippen LogP contribution in [0.1, 0.15) is 34.3 Å². The molecule has 1 saturated heterocycles. The zero-order chi connectivity index (χ0) is 22.2. The lowest BCUT2D eigenvalue weighted by Gasteiger charge is -2.16. The molecule has 0 radical (unpaired) electrons. The maximum absolute atomic E-state index is 12.8. The fourth-order valence-corrected chi connectivity index (χ4v) is 5.61. The maximum atomic E-state index is 12.8. The number of amides is 1. The molecule has 0 aliphatic carbocycles. The van der Waals surface area contributed by atoms with Crippen molar-refractivity contribution in [3.63, 3.8) is 0 Å². The first kappa shape index (κ1) is 21.8. The second-order valence-electron chi connectivity index (χ2n) is 7.64. The fourth-order valence-electron chi connectivity index (χ4n) is 3.83. The Labute approximate surface area is 205 Å². The summed E-state index contributed by atoms with van der Waals surface area (Å²) in [5, 5.41) is 3.67. The van der Waals surface area contributed by atoms with E-state index < -0.39 is 0 Å². The molecule has 4 nitrogen and oxygen atoms in total. The van der Waals surface area contributed by atoms with Gasteiger partial charge in [0, 0.05) is 49.6 Å². The molecule has 32 heavy (non-hydrogen) atoms. The molecule has 0 unspecified atom stereocenters. The summed E-state index contributed by atoms with van der Waals surface area (Å²) in [5.74, 6) is -0.134. The molecule has 0 bridgehead atoms. The Morgan fingerprint density at radius 3 is 2.34 bits per heavy atom. The zero-order valence-corrected chi connectivity index (χ0v) is 20.0. The minimum atomic E-state index is -0.134. The van der Waals surface area contributed by atoms with E-state index in [1.54, 1.807) is 23.9 Å². The second kappa shape index (κ2) is 9.08. The molecule has 1 N–H and O–H groups in total. The van der Waals surface area contributed by atoms with Crippen molar-refractivity contribution < 1.29 is 4.79 Å². The van der Waals surface area contributed by atoms with Gasteiger partial charge in [0.25, 0.3) is 5.91 Å². The van der Waals surface area contributed by atoms with Crippen molar-refractivity contribution in [2.24, 2.45) is 4.99 Å². The van der Waals surface area contributed by atoms with Crippen LogP contribution in [0.15, 0.2) is 69.4 Å². The number of hydrogen-bond donors (Lipinski definition) is 1. The molecule has 2 heterocycles. The molecule has 2 aliphatic rings. The fraction of sp³-hybridized carbons (Fsp3) is 0.167. The van der Waals surface area contributed by atoms with Gasteiger partial charge < -0.3 is 0 Å². The standard InChI is InChI=1S/C24H18Cl3N3OS/c25-15-4-6-17(19(27)12-15)23-18-7-5-16(26)13-22(18)32-21-8-3-14(11-20(21)28-23)24(31)29-30-9-1-2-10-30/h3-8,11-13H,1-2,9-10H2,(H,29,31). The van der Waals surface area contributed by atoms with Crippen LogP contribution in [-0.2, 0) is 0 Å². The molecular weight excluding hydrogens is 485 g/mol. The van der Waals surface area contributed by atoms with E-state index in [1.165, 1.54) is 0 Å². The largest absolute Gasteiger partial charge is 0.285 e. The third kappa shape index (κ3) is 4.41. The van der Waals surface area contributed by atoms with Gasteiger partial charge >= 0.3 is 0 Å². The predicted octanol–water partition coefficient (Wildman–Crippen LogP) is 7.02. The Morgan fingerprint density at radius 2 is 1.59 bits per heavy atom. The first-order valence-electron chi connectivity index (χ1n) is 10.2. The van der Waals surface area contributed by atoms with Crippen molar-refractivity contribution >= 4 is 63.9 Å². The lowest BCUT2D eigenvalue weighted by Crippen LogP contribution is -2.39. The molecule has 5 rings (SSSR count). The average Bonchev–Trinajstić information content (AvgIpc) is 3.21. The summed E-state index contributed by atoms with van der Waals surface area (Å²) < 4.78 is 0. The SMILES string of the molecule is O=C(NN1CCCC1)c1ccc2c(c1)N=C(c1ccc(Cl)cc1Cl)c1ccc(Cl)cc1S2. The van der Waals surface area contributed by atoms with Crippen LogP contribution in [0.5, 0.6) is 0 Å². The maximum Gasteiger partial charge on any atom is 0.265 e. The van der Waals surface area contributed by atoms with E-state index in [9.17, 15) is 4.79 Å². The topological polar surface area (TPSA) is 44.7 Å². The molecule has 3 aromatic rings. The van der Waals surface area contributed by atoms with Crippen molar-refractivity contribution in [1.82, 2.24) is 10.4 Å². The lowest BCUT2D eigenvalue weighted by atomic mass is 10.0. The number of fused-ring (bicyclic) bond motifs is 2. The van der Waals surface area contributed by atoms with Crippen molar-refractivity contribution in [2.75, 3.05) is 13.1 Å². The van der Waals surface area contributed by atoms with Crippen molar-refractivity contribution in [3.8, 4) is 0 Å². The van der Waals surface area contributed by atoms with Crippen LogP contribution < -0.4 is 5.43 Å². The summed E-state index contributed by atoms with van der Waals surface area (Å²) in [7, 11) is 0. The number of hydrogen-bond acceptors (Lipinski definition) is 4. The highest BCUT2D eigenvalue weighted by Crippen LogP contribution is 2.43. The second-order valence-corrected chi connectivity index (χ2v) is 10.0. The van der Waals surface area contributed by atoms with Crippen molar-refractivity contribution in [1.29, 1.82) is 0 Å². The predicted molar refractivity (Wildman–Crippen MR) is 132 cm³/mol. The molecule has 2 aliphatic heterocycles. The van der Waals surface area contributed by atoms with Gasteiger partial charge in [0.15, 0.2) is 0 Å². The van der Waals surface area contributed by atoms with E-state index in [2.05, 4.69) is 5.43 Å². The van der Waals surface area contributed by atoms with Crippen LogP contribution in [0.25, 0.3) is 0 Å². The van der Waals surface area contributed by atoms with E-state index >= 15 is 0 Å². The van der Waals surface area contributed by atoms with Gasteiger partial charge in [-0.25, -0.2) is 10.0 Å². The number of nitrogens with one attached hydrogen (secondary N) is 1. The van der Waals surface area contributed by atoms with Crippen LogP contribution in [0.4, 0.5) is 5.69 Å². The average molecular weight is 503 g/mol. The third-order valence-electron chi connectivity index (χ3n) is 5.42. The van der Waals surface area contributed by atoms with Crippen molar-refractivity contribution in [3.05, 3.63) is 86.4 Å². The van der Waals surface area contributed by atoms with E-state index in [0.717, 1.165) is 46.8 Å². The number of hydrazine groups is 1. The summed E-state index contributed by atoms with van der Waals surface area (Å²) in [4.78, 5) is 19.7. The molecule has 3 aromatic carbocycles. The Balaban J connectivity index is 1.61. The highest BCUT2D eigenvalue weighted by molar-refractivity contribution is 7.99. The van der Waals surface area contributed by atoms with Crippen LogP contribution >= 0.6 is 46.6 Å². The number of halogens is 3. The summed E-state index contributed by atoms with van der Waals surface area (Å²) >= 11 is 20.5. The summed E-state index contributed by atoms with van der Waals surface area (Å²) in [5.41, 5.74) is 6.65. The molecule has 8 heteroatoms. The molecule has 0 spiro atoms. The van der Waals surface area contributed by atoms with Crippen LogP contribution in [0.3, 0.4) is 0 Å². The summed E-state index contributed by atoms with van der Waals surface area (Å²) in [6.07, 6.45) is 2.19. The van der Waals surface area contributed by atoms with Crippen LogP contribution in [-0.4, -0.2) is 29.7 Å². The van der Waals surface area contributed by atoms with E-state index in [4.69, 9.17) is 39.8 Å². The zero-order valence-electron chi connectivity index (χ0n) is 16.9. The monoisotopic (exact) mass is 501 g/mol. The first-order chi connectivity index (χ1) is 15.5. The summed E-state index contributed by atoms with van der Waals surface area (Å²) in [6.45, 7) is 1.75. The van der Waals surface area contributed by atoms with E-state index in [-0.39, 0.29) is 5.91 Å². The Morgan fingerprint density at radius 1 is 0.875 bits per heavy atom. The normalized spacial score (nSPS) is 15.5. The van der Waals surface area contributed by atoms with Gasteiger partial charge in [-0.2, -0.15) is 0 Å². The van der Waals surface area contributed by atoms with Gasteiger partial charge in [-0.3, -0.25) is 10.2 Å². The molecular formula is C24H18Cl3N3OS. The van der Waals surface area contributed by atoms with Crippen LogP contribution in [0.2, 0.25) is 15.1 Å². The molecule has 162 valence electrons. The van der Waals surface area contributed by atoms with Gasteiger partial charge in [0.1, 0.15) is 0 Å². The number of carbonyl (C=O) groups excluding carboxylic acids is 1. The van der Waals surface area contributed by atoms with E-state index in [1.807, 2.05) is 47.5 Å². The lowest BCUT2D eigenvalue weighted by molar-refractivity contribution is 0.0826. The van der Waals surface area contributed by atoms with Crippen LogP contribution in [0, 0.1) is 0 Å². The first-order valence-corrected chi connectivity index (χ1v) is 12.1. The minimum absolute atomic E-state index is 0.134. The summed E-state index contributed by atoms with van der Waals surface area (Å²) in [6, 6.07) is 16.6. The third-order valence-corrected chi connectivity index (χ3v) is 7.33. The number of rotatable bonds is 3. The van der Waals surface area contributed by atoms with Gasteiger partial charge in [-0.05, 0) is 61.4 Å². The highest BCUT2D eigenvalue weighted by Gasteiger charge is 2.23. The Hall–Kier alpha value is -2.02. The van der Waals surface area contributed by atoms with Gasteiger partial charge in [-0.1, -0.05) is 52.6 Å². The van der Waals surface area contributed by atoms with Crippen molar-refractivity contribution in [2.45, 2.75) is 22.6 Å². The van der Waals surface area contributed by atoms with Gasteiger partial charge in [0.05, 0.1) is 16.4 Å². The molecule has 0 aromatic heterocycles.